The Kier molecular flexibility index (Phi) is 1.72. The first-order chi connectivity index (χ1) is 8.31. The van der Waals surface area contributed by atoms with Crippen LogP contribution >= 0.6 is 0 Å². The lowest BCUT2D eigenvalue weighted by molar-refractivity contribution is -0.174. The molecule has 3 rings (SSSR count). The molecule has 8 nitrogen and oxygen atoms in total. The molecule has 6 amide bonds. The molecule has 2 saturated heterocycles. The largest absolute Gasteiger partial charge is 0.333 e. The van der Waals surface area contributed by atoms with Gasteiger partial charge in [-0.05, 0) is 13.8 Å². The van der Waals surface area contributed by atoms with E-state index in [0.717, 1.165) is 0 Å². The summed E-state index contributed by atoms with van der Waals surface area (Å²) in [4.78, 5) is 46.5. The number of fused-ring (bicyclic) bond motifs is 4. The zero-order chi connectivity index (χ0) is 13.3. The third-order valence-corrected chi connectivity index (χ3v) is 4.38. The summed E-state index contributed by atoms with van der Waals surface area (Å²) in [5, 5.41) is 9.50. The second kappa shape index (κ2) is 2.82. The van der Waals surface area contributed by atoms with Gasteiger partial charge in [0.15, 0.2) is 0 Å². The Morgan fingerprint density at radius 2 is 1.11 bits per heavy atom. The molecule has 0 spiro atoms. The first kappa shape index (κ1) is 11.0. The first-order valence-corrected chi connectivity index (χ1v) is 5.55. The predicted molar refractivity (Wildman–Crippen MR) is 57.1 cm³/mol. The van der Waals surface area contributed by atoms with Crippen molar-refractivity contribution >= 4 is 23.9 Å². The average molecular weight is 252 g/mol. The number of amides is 6. The van der Waals surface area contributed by atoms with Crippen LogP contribution in [0.3, 0.4) is 0 Å². The maximum Gasteiger partial charge on any atom is 0.321 e. The predicted octanol–water partition coefficient (Wildman–Crippen LogP) is -1.57. The summed E-state index contributed by atoms with van der Waals surface area (Å²) < 4.78 is 0. The van der Waals surface area contributed by atoms with E-state index in [1.165, 1.54) is 0 Å². The molecule has 0 aromatic rings. The van der Waals surface area contributed by atoms with Crippen LogP contribution in [-0.2, 0) is 9.59 Å². The smallest absolute Gasteiger partial charge is 0.321 e. The van der Waals surface area contributed by atoms with Crippen molar-refractivity contribution in [3.8, 4) is 0 Å². The topological polar surface area (TPSA) is 116 Å². The van der Waals surface area contributed by atoms with Crippen molar-refractivity contribution in [3.05, 3.63) is 0 Å². The van der Waals surface area contributed by atoms with E-state index in [2.05, 4.69) is 21.3 Å². The number of imide groups is 2. The van der Waals surface area contributed by atoms with Crippen LogP contribution in [0.15, 0.2) is 0 Å². The van der Waals surface area contributed by atoms with Gasteiger partial charge in [-0.3, -0.25) is 20.2 Å². The number of carbonyl (C=O) groups excluding carboxylic acids is 4. The maximum atomic E-state index is 11.9. The lowest BCUT2D eigenvalue weighted by Crippen LogP contribution is -2.90. The van der Waals surface area contributed by atoms with Crippen LogP contribution < -0.4 is 21.3 Å². The standard InChI is InChI=1S/C10H12N4O4/c1-9-3(11-7(17)13-5(9)15)10(2)4(9)12-8(18)14-6(10)16/h3-4H,1-2H3,(H2,11,13,15,17)(H2,12,14,16,18). The highest BCUT2D eigenvalue weighted by Crippen LogP contribution is 2.56. The van der Waals surface area contributed by atoms with Crippen LogP contribution in [0, 0.1) is 10.8 Å². The summed E-state index contributed by atoms with van der Waals surface area (Å²) in [5.41, 5.74) is -2.01. The molecule has 96 valence electrons. The Hall–Kier alpha value is -2.12. The van der Waals surface area contributed by atoms with E-state index in [9.17, 15) is 19.2 Å². The van der Waals surface area contributed by atoms with Crippen LogP contribution in [0.5, 0.6) is 0 Å². The number of hydrogen-bond donors (Lipinski definition) is 4. The Morgan fingerprint density at radius 1 is 0.778 bits per heavy atom. The van der Waals surface area contributed by atoms with Gasteiger partial charge in [0.1, 0.15) is 0 Å². The minimum Gasteiger partial charge on any atom is -0.333 e. The third-order valence-electron chi connectivity index (χ3n) is 4.38. The first-order valence-electron chi connectivity index (χ1n) is 5.55. The summed E-state index contributed by atoms with van der Waals surface area (Å²) in [7, 11) is 0. The quantitative estimate of drug-likeness (QED) is 0.416. The van der Waals surface area contributed by atoms with Crippen LogP contribution in [0.25, 0.3) is 0 Å². The number of urea groups is 2. The molecule has 8 heteroatoms. The highest BCUT2D eigenvalue weighted by atomic mass is 16.2. The molecule has 0 bridgehead atoms. The van der Waals surface area contributed by atoms with Crippen LogP contribution in [0.4, 0.5) is 9.59 Å². The molecule has 1 saturated carbocycles. The van der Waals surface area contributed by atoms with E-state index in [1.807, 2.05) is 0 Å². The fourth-order valence-corrected chi connectivity index (χ4v) is 3.42. The Bertz CT molecular complexity index is 460. The van der Waals surface area contributed by atoms with Crippen LogP contribution in [0.1, 0.15) is 13.8 Å². The van der Waals surface area contributed by atoms with E-state index in [0.29, 0.717) is 0 Å². The van der Waals surface area contributed by atoms with Gasteiger partial charge < -0.3 is 10.6 Å². The van der Waals surface area contributed by atoms with Gasteiger partial charge >= 0.3 is 12.1 Å². The molecule has 18 heavy (non-hydrogen) atoms. The molecule has 3 fully saturated rings. The molecule has 0 aromatic heterocycles. The van der Waals surface area contributed by atoms with E-state index in [1.54, 1.807) is 13.8 Å². The Labute approximate surface area is 102 Å². The summed E-state index contributed by atoms with van der Waals surface area (Å²) in [6.07, 6.45) is 0. The van der Waals surface area contributed by atoms with Crippen molar-refractivity contribution in [2.75, 3.05) is 0 Å². The van der Waals surface area contributed by atoms with E-state index in [4.69, 9.17) is 0 Å². The molecule has 3 aliphatic rings. The lowest BCUT2D eigenvalue weighted by atomic mass is 9.44. The number of nitrogens with one attached hydrogen (secondary N) is 4. The highest BCUT2D eigenvalue weighted by molar-refractivity contribution is 6.09. The van der Waals surface area contributed by atoms with Gasteiger partial charge in [-0.2, -0.15) is 0 Å². The molecule has 0 aromatic carbocycles. The fourth-order valence-electron chi connectivity index (χ4n) is 3.42. The summed E-state index contributed by atoms with van der Waals surface area (Å²) >= 11 is 0. The van der Waals surface area contributed by atoms with Crippen molar-refractivity contribution in [2.45, 2.75) is 25.9 Å². The van der Waals surface area contributed by atoms with Crippen molar-refractivity contribution in [1.29, 1.82) is 0 Å². The number of rotatable bonds is 0. The van der Waals surface area contributed by atoms with E-state index in [-0.39, 0.29) is 0 Å². The molecule has 0 radical (unpaired) electrons. The zero-order valence-electron chi connectivity index (χ0n) is 9.79. The molecule has 2 heterocycles. The van der Waals surface area contributed by atoms with Gasteiger partial charge in [-0.1, -0.05) is 0 Å². The van der Waals surface area contributed by atoms with Gasteiger partial charge in [0.25, 0.3) is 0 Å². The van der Waals surface area contributed by atoms with Gasteiger partial charge in [-0.25, -0.2) is 9.59 Å². The van der Waals surface area contributed by atoms with Gasteiger partial charge in [-0.15, -0.1) is 0 Å². The second-order valence-corrected chi connectivity index (χ2v) is 5.29. The molecule has 2 aliphatic heterocycles. The molecular weight excluding hydrogens is 240 g/mol. The van der Waals surface area contributed by atoms with E-state index >= 15 is 0 Å². The molecule has 1 aliphatic carbocycles. The van der Waals surface area contributed by atoms with Crippen LogP contribution in [-0.4, -0.2) is 36.0 Å². The monoisotopic (exact) mass is 252 g/mol. The minimum absolute atomic E-state index is 0.478. The maximum absolute atomic E-state index is 11.9. The Balaban J connectivity index is 2.07. The van der Waals surface area contributed by atoms with Gasteiger partial charge in [0.2, 0.25) is 11.8 Å². The van der Waals surface area contributed by atoms with Gasteiger partial charge in [0, 0.05) is 0 Å². The lowest BCUT2D eigenvalue weighted by Gasteiger charge is -2.66. The normalized spacial score (nSPS) is 45.7. The third kappa shape index (κ3) is 0.925. The summed E-state index contributed by atoms with van der Waals surface area (Å²) in [5.74, 6) is -0.956. The summed E-state index contributed by atoms with van der Waals surface area (Å²) in [6.45, 7) is 3.25. The minimum atomic E-state index is -1.00. The molecule has 0 atom stereocenters. The van der Waals surface area contributed by atoms with Crippen molar-refractivity contribution in [3.63, 3.8) is 0 Å². The van der Waals surface area contributed by atoms with Gasteiger partial charge in [0.05, 0.1) is 22.9 Å². The van der Waals surface area contributed by atoms with Crippen molar-refractivity contribution in [2.24, 2.45) is 10.8 Å². The van der Waals surface area contributed by atoms with E-state index < -0.39 is 46.8 Å². The van der Waals surface area contributed by atoms with Crippen molar-refractivity contribution < 1.29 is 19.2 Å². The van der Waals surface area contributed by atoms with Crippen molar-refractivity contribution in [1.82, 2.24) is 21.3 Å². The zero-order valence-corrected chi connectivity index (χ0v) is 9.79. The fraction of sp³-hybridized carbons (Fsp3) is 0.600. The number of carbonyl (C=O) groups is 4. The molecule has 0 unspecified atom stereocenters. The second-order valence-electron chi connectivity index (χ2n) is 5.29. The van der Waals surface area contributed by atoms with Crippen LogP contribution in [0.2, 0.25) is 0 Å². The summed E-state index contributed by atoms with van der Waals surface area (Å²) in [6, 6.07) is -2.49. The number of hydrogen-bond acceptors (Lipinski definition) is 4. The molecular formula is C10H12N4O4. The Morgan fingerprint density at radius 3 is 1.44 bits per heavy atom. The molecule has 4 N–H and O–H groups in total. The SMILES string of the molecule is CC12C(=O)NC(=O)NC1C1(C)C(=O)NC(=O)NC21. The highest BCUT2D eigenvalue weighted by Gasteiger charge is 2.76. The average Bonchev–Trinajstić information content (AvgIpc) is 2.29.